The van der Waals surface area contributed by atoms with Crippen molar-refractivity contribution in [2.75, 3.05) is 18.5 Å². The van der Waals surface area contributed by atoms with Crippen molar-refractivity contribution in [2.24, 2.45) is 0 Å². The summed E-state index contributed by atoms with van der Waals surface area (Å²) in [7, 11) is 0. The Morgan fingerprint density at radius 3 is 2.60 bits per heavy atom. The molecule has 154 valence electrons. The molecule has 2 aromatic carbocycles. The van der Waals surface area contributed by atoms with Gasteiger partial charge in [-0.3, -0.25) is 19.3 Å². The van der Waals surface area contributed by atoms with Crippen LogP contribution in [0.2, 0.25) is 0 Å². The van der Waals surface area contributed by atoms with Crippen molar-refractivity contribution in [2.45, 2.75) is 13.8 Å². The van der Waals surface area contributed by atoms with E-state index >= 15 is 0 Å². The summed E-state index contributed by atoms with van der Waals surface area (Å²) in [6.07, 6.45) is 3.28. The third kappa shape index (κ3) is 4.99. The molecule has 3 rings (SSSR count). The molecule has 0 radical (unpaired) electrons. The van der Waals surface area contributed by atoms with Crippen molar-refractivity contribution >= 4 is 40.6 Å². The Labute approximate surface area is 179 Å². The number of nitrogens with one attached hydrogen (secondary N) is 1. The van der Waals surface area contributed by atoms with Gasteiger partial charge >= 0.3 is 0 Å². The smallest absolute Gasteiger partial charge is 0.294 e. The normalized spacial score (nSPS) is 14.9. The van der Waals surface area contributed by atoms with Gasteiger partial charge < -0.3 is 10.1 Å². The fourth-order valence-electron chi connectivity index (χ4n) is 2.82. The van der Waals surface area contributed by atoms with Crippen molar-refractivity contribution in [1.82, 2.24) is 4.90 Å². The number of aryl methyl sites for hydroxylation is 1. The standard InChI is InChI=1S/C23H22N2O4S/c1-4-12-29-18-10-8-17(9-11-18)13-20-22(27)25(23(28)30-20)14-21(26)24-19-7-5-6-15(2)16(19)3/h4-11,13H,1,12,14H2,2-3H3,(H,24,26)/b20-13+. The molecule has 1 fully saturated rings. The monoisotopic (exact) mass is 422 g/mol. The Balaban J connectivity index is 1.66. The highest BCUT2D eigenvalue weighted by Crippen LogP contribution is 2.32. The summed E-state index contributed by atoms with van der Waals surface area (Å²) in [6.45, 7) is 7.52. The number of benzene rings is 2. The van der Waals surface area contributed by atoms with Gasteiger partial charge in [0.15, 0.2) is 0 Å². The van der Waals surface area contributed by atoms with E-state index in [0.29, 0.717) is 18.0 Å². The molecule has 0 spiro atoms. The van der Waals surface area contributed by atoms with Gasteiger partial charge in [-0.1, -0.05) is 36.9 Å². The van der Waals surface area contributed by atoms with Crippen LogP contribution in [0, 0.1) is 13.8 Å². The predicted molar refractivity (Wildman–Crippen MR) is 119 cm³/mol. The van der Waals surface area contributed by atoms with E-state index < -0.39 is 17.1 Å². The Bertz CT molecular complexity index is 1030. The maximum absolute atomic E-state index is 12.6. The van der Waals surface area contributed by atoms with Crippen molar-refractivity contribution in [3.8, 4) is 5.75 Å². The van der Waals surface area contributed by atoms with Gasteiger partial charge in [-0.2, -0.15) is 0 Å². The minimum Gasteiger partial charge on any atom is -0.490 e. The number of hydrogen-bond donors (Lipinski definition) is 1. The van der Waals surface area contributed by atoms with E-state index in [-0.39, 0.29) is 11.4 Å². The SMILES string of the molecule is C=CCOc1ccc(/C=C2/SC(=O)N(CC(=O)Nc3cccc(C)c3C)C2=O)cc1. The largest absolute Gasteiger partial charge is 0.490 e. The summed E-state index contributed by atoms with van der Waals surface area (Å²) in [6, 6.07) is 12.7. The fraction of sp³-hybridized carbons (Fsp3) is 0.174. The average molecular weight is 423 g/mol. The lowest BCUT2D eigenvalue weighted by molar-refractivity contribution is -0.127. The van der Waals surface area contributed by atoms with Crippen molar-refractivity contribution in [1.29, 1.82) is 0 Å². The first-order valence-electron chi connectivity index (χ1n) is 9.34. The number of hydrogen-bond acceptors (Lipinski definition) is 5. The number of carbonyl (C=O) groups is 3. The second kappa shape index (κ2) is 9.45. The number of carbonyl (C=O) groups excluding carboxylic acids is 3. The van der Waals surface area contributed by atoms with Crippen LogP contribution in [-0.4, -0.2) is 35.1 Å². The summed E-state index contributed by atoms with van der Waals surface area (Å²) in [5.74, 6) is -0.215. The van der Waals surface area contributed by atoms with Gasteiger partial charge in [0.2, 0.25) is 5.91 Å². The molecule has 0 aliphatic carbocycles. The van der Waals surface area contributed by atoms with Crippen LogP contribution < -0.4 is 10.1 Å². The minimum absolute atomic E-state index is 0.277. The first kappa shape index (κ1) is 21.4. The average Bonchev–Trinajstić information content (AvgIpc) is 2.98. The lowest BCUT2D eigenvalue weighted by atomic mass is 10.1. The molecule has 0 atom stereocenters. The molecule has 3 amide bonds. The lowest BCUT2D eigenvalue weighted by Crippen LogP contribution is -2.36. The molecule has 1 saturated heterocycles. The highest BCUT2D eigenvalue weighted by molar-refractivity contribution is 8.18. The van der Waals surface area contributed by atoms with Crippen LogP contribution in [0.3, 0.4) is 0 Å². The molecule has 0 bridgehead atoms. The first-order valence-corrected chi connectivity index (χ1v) is 10.2. The highest BCUT2D eigenvalue weighted by atomic mass is 32.2. The van der Waals surface area contributed by atoms with Gasteiger partial charge in [0.1, 0.15) is 18.9 Å². The van der Waals surface area contributed by atoms with Crippen molar-refractivity contribution in [3.05, 3.63) is 76.7 Å². The van der Waals surface area contributed by atoms with Crippen LogP contribution in [0.1, 0.15) is 16.7 Å². The molecule has 0 saturated carbocycles. The van der Waals surface area contributed by atoms with Gasteiger partial charge in [-0.15, -0.1) is 0 Å². The zero-order valence-corrected chi connectivity index (χ0v) is 17.6. The van der Waals surface area contributed by atoms with Crippen LogP contribution >= 0.6 is 11.8 Å². The van der Waals surface area contributed by atoms with E-state index in [1.54, 1.807) is 42.5 Å². The topological polar surface area (TPSA) is 75.7 Å². The highest BCUT2D eigenvalue weighted by Gasteiger charge is 2.36. The lowest BCUT2D eigenvalue weighted by Gasteiger charge is -2.14. The van der Waals surface area contributed by atoms with E-state index in [2.05, 4.69) is 11.9 Å². The van der Waals surface area contributed by atoms with E-state index in [0.717, 1.165) is 33.4 Å². The van der Waals surface area contributed by atoms with Gasteiger partial charge in [-0.25, -0.2) is 0 Å². The summed E-state index contributed by atoms with van der Waals surface area (Å²) in [5.41, 5.74) is 3.41. The van der Waals surface area contributed by atoms with Gasteiger partial charge in [0, 0.05) is 5.69 Å². The Morgan fingerprint density at radius 2 is 1.90 bits per heavy atom. The number of ether oxygens (including phenoxy) is 1. The molecule has 7 heteroatoms. The molecule has 30 heavy (non-hydrogen) atoms. The molecule has 0 aromatic heterocycles. The third-order valence-corrected chi connectivity index (χ3v) is 5.51. The molecule has 2 aromatic rings. The van der Waals surface area contributed by atoms with Crippen LogP contribution in [0.5, 0.6) is 5.75 Å². The second-order valence-electron chi connectivity index (χ2n) is 6.73. The number of rotatable bonds is 7. The number of nitrogens with zero attached hydrogens (tertiary/aromatic N) is 1. The Morgan fingerprint density at radius 1 is 1.17 bits per heavy atom. The quantitative estimate of drug-likeness (QED) is 0.524. The maximum atomic E-state index is 12.6. The molecule has 1 N–H and O–H groups in total. The molecule has 1 heterocycles. The van der Waals surface area contributed by atoms with Gasteiger partial charge in [0.05, 0.1) is 4.91 Å². The summed E-state index contributed by atoms with van der Waals surface area (Å²) in [5, 5.41) is 2.31. The Hall–Kier alpha value is -3.32. The van der Waals surface area contributed by atoms with Crippen LogP contribution in [0.25, 0.3) is 6.08 Å². The maximum Gasteiger partial charge on any atom is 0.294 e. The van der Waals surface area contributed by atoms with E-state index in [1.807, 2.05) is 26.0 Å². The molecule has 6 nitrogen and oxygen atoms in total. The summed E-state index contributed by atoms with van der Waals surface area (Å²) >= 11 is 0.823. The molecular weight excluding hydrogens is 400 g/mol. The van der Waals surface area contributed by atoms with Crippen molar-refractivity contribution < 1.29 is 19.1 Å². The van der Waals surface area contributed by atoms with E-state index in [1.165, 1.54) is 0 Å². The summed E-state index contributed by atoms with van der Waals surface area (Å²) < 4.78 is 5.43. The van der Waals surface area contributed by atoms with Crippen LogP contribution in [0.15, 0.2) is 60.0 Å². The Kier molecular flexibility index (Phi) is 6.74. The summed E-state index contributed by atoms with van der Waals surface area (Å²) in [4.78, 5) is 38.6. The van der Waals surface area contributed by atoms with Gasteiger partial charge in [0.25, 0.3) is 11.1 Å². The molecule has 1 aliphatic rings. The van der Waals surface area contributed by atoms with Crippen LogP contribution in [0.4, 0.5) is 10.5 Å². The van der Waals surface area contributed by atoms with Gasteiger partial charge in [-0.05, 0) is 66.6 Å². The second-order valence-corrected chi connectivity index (χ2v) is 7.73. The minimum atomic E-state index is -0.479. The molecule has 1 aliphatic heterocycles. The first-order chi connectivity index (χ1) is 14.4. The third-order valence-electron chi connectivity index (χ3n) is 4.60. The van der Waals surface area contributed by atoms with Crippen LogP contribution in [-0.2, 0) is 9.59 Å². The number of imide groups is 1. The van der Waals surface area contributed by atoms with E-state index in [4.69, 9.17) is 4.74 Å². The fourth-order valence-corrected chi connectivity index (χ4v) is 3.66. The zero-order chi connectivity index (χ0) is 21.7. The number of amides is 3. The zero-order valence-electron chi connectivity index (χ0n) is 16.8. The molecule has 0 unspecified atom stereocenters. The molecular formula is C23H22N2O4S. The van der Waals surface area contributed by atoms with Crippen molar-refractivity contribution in [3.63, 3.8) is 0 Å². The van der Waals surface area contributed by atoms with E-state index in [9.17, 15) is 14.4 Å². The number of anilines is 1. The predicted octanol–water partition coefficient (Wildman–Crippen LogP) is 4.54. The number of thioether (sulfide) groups is 1.